The summed E-state index contributed by atoms with van der Waals surface area (Å²) in [5.41, 5.74) is 0. The van der Waals surface area contributed by atoms with Crippen LogP contribution in [0.2, 0.25) is 0 Å². The number of carbonyl (C=O) groups excluding carboxylic acids is 1. The van der Waals surface area contributed by atoms with Gasteiger partial charge in [0.15, 0.2) is 0 Å². The van der Waals surface area contributed by atoms with Crippen molar-refractivity contribution in [3.63, 3.8) is 0 Å². The van der Waals surface area contributed by atoms with Gasteiger partial charge in [0.1, 0.15) is 18.9 Å². The average Bonchev–Trinajstić information content (AvgIpc) is 2.92. The van der Waals surface area contributed by atoms with Gasteiger partial charge in [-0.3, -0.25) is 4.79 Å². The molecule has 3 N–H and O–H groups in total. The molecule has 1 heterocycles. The minimum atomic E-state index is -0.705. The van der Waals surface area contributed by atoms with E-state index >= 15 is 0 Å². The van der Waals surface area contributed by atoms with Gasteiger partial charge in [-0.25, -0.2) is 0 Å². The molecule has 1 amide bonds. The van der Waals surface area contributed by atoms with Gasteiger partial charge in [-0.15, -0.1) is 4.37 Å². The summed E-state index contributed by atoms with van der Waals surface area (Å²) in [6.07, 6.45) is 1.69. The Bertz CT molecular complexity index is 361. The van der Waals surface area contributed by atoms with Crippen molar-refractivity contribution in [1.29, 1.82) is 0 Å². The summed E-state index contributed by atoms with van der Waals surface area (Å²) >= 11 is 1.05. The van der Waals surface area contributed by atoms with Gasteiger partial charge in [-0.05, 0) is 13.3 Å². The van der Waals surface area contributed by atoms with E-state index in [1.807, 2.05) is 6.92 Å². The molecule has 108 valence electrons. The summed E-state index contributed by atoms with van der Waals surface area (Å²) < 4.78 is 12.9. The number of rotatable bonds is 9. The SMILES string of the molecule is CCCNC(=O)C(C)NCC(O)COc1cnsn1. The molecular weight excluding hydrogens is 268 g/mol. The lowest BCUT2D eigenvalue weighted by molar-refractivity contribution is -0.122. The van der Waals surface area contributed by atoms with Gasteiger partial charge >= 0.3 is 0 Å². The number of carbonyl (C=O) groups is 1. The molecular formula is C11H20N4O3S. The first-order valence-corrected chi connectivity index (χ1v) is 6.96. The fourth-order valence-corrected chi connectivity index (χ4v) is 1.63. The van der Waals surface area contributed by atoms with E-state index in [4.69, 9.17) is 4.74 Å². The Morgan fingerprint density at radius 3 is 3.05 bits per heavy atom. The van der Waals surface area contributed by atoms with Crippen LogP contribution in [0, 0.1) is 0 Å². The molecule has 0 aliphatic heterocycles. The van der Waals surface area contributed by atoms with Crippen molar-refractivity contribution in [3.8, 4) is 5.88 Å². The molecule has 0 aliphatic rings. The highest BCUT2D eigenvalue weighted by atomic mass is 32.1. The maximum Gasteiger partial charge on any atom is 0.245 e. The number of hydrogen-bond donors (Lipinski definition) is 3. The summed E-state index contributed by atoms with van der Waals surface area (Å²) in [5, 5.41) is 15.4. The highest BCUT2D eigenvalue weighted by molar-refractivity contribution is 6.99. The van der Waals surface area contributed by atoms with Crippen molar-refractivity contribution in [3.05, 3.63) is 6.20 Å². The second-order valence-corrected chi connectivity index (χ2v) is 4.69. The first-order valence-electron chi connectivity index (χ1n) is 6.23. The van der Waals surface area contributed by atoms with Crippen LogP contribution in [-0.4, -0.2) is 51.6 Å². The van der Waals surface area contributed by atoms with Crippen LogP contribution in [0.1, 0.15) is 20.3 Å². The number of aromatic nitrogens is 2. The number of hydrogen-bond acceptors (Lipinski definition) is 7. The van der Waals surface area contributed by atoms with Gasteiger partial charge in [-0.1, -0.05) is 6.92 Å². The molecule has 2 unspecified atom stereocenters. The molecule has 0 saturated heterocycles. The fourth-order valence-electron chi connectivity index (χ4n) is 1.27. The van der Waals surface area contributed by atoms with Crippen LogP contribution in [0.5, 0.6) is 5.88 Å². The molecule has 0 aliphatic carbocycles. The quantitative estimate of drug-likeness (QED) is 0.581. The van der Waals surface area contributed by atoms with Crippen LogP contribution in [0.4, 0.5) is 0 Å². The van der Waals surface area contributed by atoms with Crippen LogP contribution in [-0.2, 0) is 4.79 Å². The number of aliphatic hydroxyl groups is 1. The van der Waals surface area contributed by atoms with Crippen LogP contribution in [0.15, 0.2) is 6.20 Å². The van der Waals surface area contributed by atoms with E-state index in [1.165, 1.54) is 6.20 Å². The monoisotopic (exact) mass is 288 g/mol. The third kappa shape index (κ3) is 6.46. The summed E-state index contributed by atoms with van der Waals surface area (Å²) in [4.78, 5) is 11.6. The Balaban J connectivity index is 2.14. The van der Waals surface area contributed by atoms with Gasteiger partial charge in [0, 0.05) is 13.1 Å². The van der Waals surface area contributed by atoms with E-state index in [1.54, 1.807) is 6.92 Å². The molecule has 0 bridgehead atoms. The zero-order valence-electron chi connectivity index (χ0n) is 11.1. The molecule has 0 fully saturated rings. The molecule has 0 spiro atoms. The van der Waals surface area contributed by atoms with E-state index in [0.717, 1.165) is 18.1 Å². The number of aliphatic hydroxyl groups excluding tert-OH is 1. The molecule has 0 saturated carbocycles. The molecule has 1 aromatic rings. The topological polar surface area (TPSA) is 96.4 Å². The van der Waals surface area contributed by atoms with E-state index in [9.17, 15) is 9.90 Å². The summed E-state index contributed by atoms with van der Waals surface area (Å²) in [7, 11) is 0. The smallest absolute Gasteiger partial charge is 0.245 e. The van der Waals surface area contributed by atoms with Crippen molar-refractivity contribution in [1.82, 2.24) is 19.4 Å². The van der Waals surface area contributed by atoms with Crippen LogP contribution in [0.3, 0.4) is 0 Å². The lowest BCUT2D eigenvalue weighted by Crippen LogP contribution is -2.45. The highest BCUT2D eigenvalue weighted by Crippen LogP contribution is 2.05. The van der Waals surface area contributed by atoms with E-state index < -0.39 is 6.10 Å². The van der Waals surface area contributed by atoms with E-state index in [-0.39, 0.29) is 25.1 Å². The maximum atomic E-state index is 11.6. The zero-order valence-corrected chi connectivity index (χ0v) is 11.9. The molecule has 0 radical (unpaired) electrons. The normalized spacial score (nSPS) is 13.8. The largest absolute Gasteiger partial charge is 0.473 e. The lowest BCUT2D eigenvalue weighted by atomic mass is 10.2. The molecule has 7 nitrogen and oxygen atoms in total. The van der Waals surface area contributed by atoms with Crippen molar-refractivity contribution < 1.29 is 14.6 Å². The summed E-state index contributed by atoms with van der Waals surface area (Å²) in [6.45, 7) is 4.79. The number of ether oxygens (including phenoxy) is 1. The predicted molar refractivity (Wildman–Crippen MR) is 72.2 cm³/mol. The summed E-state index contributed by atoms with van der Waals surface area (Å²) in [5.74, 6) is 0.330. The second-order valence-electron chi connectivity index (χ2n) is 4.13. The number of amides is 1. The summed E-state index contributed by atoms with van der Waals surface area (Å²) in [6, 6.07) is -0.345. The van der Waals surface area contributed by atoms with Gasteiger partial charge < -0.3 is 20.5 Å². The predicted octanol–water partition coefficient (Wildman–Crippen LogP) is -0.218. The Kier molecular flexibility index (Phi) is 7.31. The highest BCUT2D eigenvalue weighted by Gasteiger charge is 2.14. The molecule has 2 atom stereocenters. The fraction of sp³-hybridized carbons (Fsp3) is 0.727. The molecule has 1 aromatic heterocycles. The molecule has 0 aromatic carbocycles. The Morgan fingerprint density at radius 1 is 1.63 bits per heavy atom. The van der Waals surface area contributed by atoms with Gasteiger partial charge in [0.05, 0.1) is 17.8 Å². The van der Waals surface area contributed by atoms with Gasteiger partial charge in [0.25, 0.3) is 0 Å². The van der Waals surface area contributed by atoms with E-state index in [0.29, 0.717) is 12.4 Å². The Labute approximate surface area is 116 Å². The van der Waals surface area contributed by atoms with Gasteiger partial charge in [0.2, 0.25) is 11.8 Å². The first-order chi connectivity index (χ1) is 9.13. The van der Waals surface area contributed by atoms with Crippen molar-refractivity contribution in [2.45, 2.75) is 32.4 Å². The molecule has 1 rings (SSSR count). The number of nitrogens with one attached hydrogen (secondary N) is 2. The van der Waals surface area contributed by atoms with Crippen LogP contribution in [0.25, 0.3) is 0 Å². The van der Waals surface area contributed by atoms with E-state index in [2.05, 4.69) is 19.4 Å². The molecule has 8 heteroatoms. The van der Waals surface area contributed by atoms with Crippen molar-refractivity contribution >= 4 is 17.6 Å². The van der Waals surface area contributed by atoms with Crippen LogP contribution < -0.4 is 15.4 Å². The minimum Gasteiger partial charge on any atom is -0.473 e. The molecule has 19 heavy (non-hydrogen) atoms. The van der Waals surface area contributed by atoms with Crippen molar-refractivity contribution in [2.75, 3.05) is 19.7 Å². The third-order valence-corrected chi connectivity index (χ3v) is 2.83. The van der Waals surface area contributed by atoms with Crippen molar-refractivity contribution in [2.24, 2.45) is 0 Å². The Morgan fingerprint density at radius 2 is 2.42 bits per heavy atom. The minimum absolute atomic E-state index is 0.0707. The van der Waals surface area contributed by atoms with Gasteiger partial charge in [-0.2, -0.15) is 4.37 Å². The first kappa shape index (κ1) is 15.8. The lowest BCUT2D eigenvalue weighted by Gasteiger charge is -2.16. The zero-order chi connectivity index (χ0) is 14.1. The Hall–Kier alpha value is -1.25. The number of nitrogens with zero attached hydrogens (tertiary/aromatic N) is 2. The maximum absolute atomic E-state index is 11.6. The second kappa shape index (κ2) is 8.78. The third-order valence-electron chi connectivity index (χ3n) is 2.37. The average molecular weight is 288 g/mol. The van der Waals surface area contributed by atoms with Crippen LogP contribution >= 0.6 is 11.7 Å². The standard InChI is InChI=1S/C11H20N4O3S/c1-3-4-12-11(17)8(2)13-5-9(16)7-18-10-6-14-19-15-10/h6,8-9,13,16H,3-5,7H2,1-2H3,(H,12,17).